The minimum Gasteiger partial charge on any atom is -0.478 e. The Labute approximate surface area is 122 Å². The van der Waals surface area contributed by atoms with Gasteiger partial charge in [-0.25, -0.2) is 14.6 Å². The molecular weight excluding hydrogens is 292 g/mol. The van der Waals surface area contributed by atoms with E-state index in [1.54, 1.807) is 0 Å². The zero-order chi connectivity index (χ0) is 15.1. The van der Waals surface area contributed by atoms with E-state index in [-0.39, 0.29) is 11.3 Å². The van der Waals surface area contributed by atoms with Gasteiger partial charge in [0.15, 0.2) is 11.5 Å². The summed E-state index contributed by atoms with van der Waals surface area (Å²) in [5.74, 6) is -1.78. The highest BCUT2D eigenvalue weighted by molar-refractivity contribution is 7.15. The fraction of sp³-hybridized carbons (Fsp3) is 0.0714. The van der Waals surface area contributed by atoms with E-state index in [2.05, 4.69) is 4.98 Å². The summed E-state index contributed by atoms with van der Waals surface area (Å²) in [6.07, 6.45) is 1.39. The van der Waals surface area contributed by atoms with Crippen molar-refractivity contribution in [1.29, 1.82) is 0 Å². The second kappa shape index (κ2) is 4.71. The van der Waals surface area contributed by atoms with Crippen LogP contribution in [0.2, 0.25) is 0 Å². The molecule has 0 spiro atoms. The minimum atomic E-state index is -1.14. The maximum atomic E-state index is 11.3. The summed E-state index contributed by atoms with van der Waals surface area (Å²) >= 11 is 1.47. The quantitative estimate of drug-likeness (QED) is 0.776. The van der Waals surface area contributed by atoms with Gasteiger partial charge in [0.1, 0.15) is 0 Å². The first-order chi connectivity index (χ1) is 9.97. The van der Waals surface area contributed by atoms with E-state index in [9.17, 15) is 14.7 Å². The third-order valence-corrected chi connectivity index (χ3v) is 4.04. The summed E-state index contributed by atoms with van der Waals surface area (Å²) < 4.78 is 1.51. The molecule has 106 valence electrons. The van der Waals surface area contributed by atoms with Crippen molar-refractivity contribution in [3.8, 4) is 10.7 Å². The Morgan fingerprint density at radius 1 is 1.14 bits per heavy atom. The molecule has 0 aliphatic carbocycles. The molecule has 0 aliphatic rings. The van der Waals surface area contributed by atoms with Gasteiger partial charge in [0.05, 0.1) is 16.0 Å². The second-order valence-electron chi connectivity index (χ2n) is 4.48. The van der Waals surface area contributed by atoms with Crippen LogP contribution in [-0.4, -0.2) is 31.5 Å². The lowest BCUT2D eigenvalue weighted by molar-refractivity contribution is 0.0685. The maximum Gasteiger partial charge on any atom is 0.356 e. The van der Waals surface area contributed by atoms with Gasteiger partial charge in [0, 0.05) is 11.1 Å². The first-order valence-electron chi connectivity index (χ1n) is 6.03. The molecule has 0 unspecified atom stereocenters. The number of aromatic carboxylic acids is 2. The molecule has 0 aromatic carbocycles. The number of carboxylic acids is 2. The van der Waals surface area contributed by atoms with E-state index in [1.807, 2.05) is 19.1 Å². The van der Waals surface area contributed by atoms with E-state index < -0.39 is 11.9 Å². The van der Waals surface area contributed by atoms with E-state index in [0.29, 0.717) is 11.3 Å². The molecule has 0 aliphatic heterocycles. The third-order valence-electron chi connectivity index (χ3n) is 3.05. The summed E-state index contributed by atoms with van der Waals surface area (Å²) in [5.41, 5.74) is 0.355. The van der Waals surface area contributed by atoms with Gasteiger partial charge < -0.3 is 10.2 Å². The number of thiophene rings is 1. The molecule has 0 fully saturated rings. The highest BCUT2D eigenvalue weighted by Gasteiger charge is 2.19. The van der Waals surface area contributed by atoms with Gasteiger partial charge in [0.2, 0.25) is 0 Å². The summed E-state index contributed by atoms with van der Waals surface area (Å²) in [7, 11) is 0. The van der Waals surface area contributed by atoms with Gasteiger partial charge in [-0.15, -0.1) is 11.3 Å². The molecule has 3 aromatic heterocycles. The van der Waals surface area contributed by atoms with E-state index in [4.69, 9.17) is 5.11 Å². The predicted molar refractivity (Wildman–Crippen MR) is 77.2 cm³/mol. The largest absolute Gasteiger partial charge is 0.478 e. The molecule has 0 bridgehead atoms. The molecule has 0 saturated heterocycles. The van der Waals surface area contributed by atoms with Crippen molar-refractivity contribution in [3.63, 3.8) is 0 Å². The molecule has 3 aromatic rings. The van der Waals surface area contributed by atoms with Gasteiger partial charge in [-0.3, -0.25) is 4.40 Å². The number of aromatic nitrogens is 2. The average molecular weight is 302 g/mol. The first-order valence-corrected chi connectivity index (χ1v) is 6.84. The summed E-state index contributed by atoms with van der Waals surface area (Å²) in [4.78, 5) is 28.4. The van der Waals surface area contributed by atoms with Gasteiger partial charge in [0.25, 0.3) is 0 Å². The zero-order valence-corrected chi connectivity index (χ0v) is 11.7. The van der Waals surface area contributed by atoms with Crippen molar-refractivity contribution < 1.29 is 19.8 Å². The Kier molecular flexibility index (Phi) is 2.99. The lowest BCUT2D eigenvalue weighted by Crippen LogP contribution is -2.00. The number of fused-ring (bicyclic) bond motifs is 1. The third kappa shape index (κ3) is 2.17. The van der Waals surface area contributed by atoms with E-state index >= 15 is 0 Å². The predicted octanol–water partition coefficient (Wildman–Crippen LogP) is 2.77. The Hall–Kier alpha value is -2.67. The lowest BCUT2D eigenvalue weighted by Gasteiger charge is -2.00. The molecule has 0 amide bonds. The molecule has 2 N–H and O–H groups in total. The molecule has 6 nitrogen and oxygen atoms in total. The Morgan fingerprint density at radius 3 is 2.48 bits per heavy atom. The zero-order valence-electron chi connectivity index (χ0n) is 10.9. The van der Waals surface area contributed by atoms with Crippen LogP contribution in [0.25, 0.3) is 16.2 Å². The van der Waals surface area contributed by atoms with Crippen LogP contribution in [0, 0.1) is 6.92 Å². The van der Waals surface area contributed by atoms with Crippen LogP contribution in [0.1, 0.15) is 25.7 Å². The van der Waals surface area contributed by atoms with Crippen LogP contribution >= 0.6 is 11.3 Å². The van der Waals surface area contributed by atoms with Crippen LogP contribution in [0.15, 0.2) is 30.5 Å². The fourth-order valence-corrected chi connectivity index (χ4v) is 2.95. The fourth-order valence-electron chi connectivity index (χ4n) is 2.10. The molecule has 21 heavy (non-hydrogen) atoms. The van der Waals surface area contributed by atoms with Crippen molar-refractivity contribution in [3.05, 3.63) is 46.6 Å². The highest BCUT2D eigenvalue weighted by atomic mass is 32.1. The van der Waals surface area contributed by atoms with Crippen molar-refractivity contribution >= 4 is 28.8 Å². The van der Waals surface area contributed by atoms with Crippen molar-refractivity contribution in [2.75, 3.05) is 0 Å². The smallest absolute Gasteiger partial charge is 0.356 e. The van der Waals surface area contributed by atoms with Gasteiger partial charge in [-0.2, -0.15) is 0 Å². The number of hydrogen-bond acceptors (Lipinski definition) is 4. The van der Waals surface area contributed by atoms with Crippen molar-refractivity contribution in [1.82, 2.24) is 9.38 Å². The topological polar surface area (TPSA) is 91.9 Å². The number of imidazole rings is 1. The monoisotopic (exact) mass is 302 g/mol. The van der Waals surface area contributed by atoms with E-state index in [1.165, 1.54) is 34.1 Å². The Morgan fingerprint density at radius 2 is 1.90 bits per heavy atom. The number of rotatable bonds is 3. The summed E-state index contributed by atoms with van der Waals surface area (Å²) in [6.45, 7) is 1.94. The average Bonchev–Trinajstić information content (AvgIpc) is 3.01. The highest BCUT2D eigenvalue weighted by Crippen LogP contribution is 2.29. The van der Waals surface area contributed by atoms with Gasteiger partial charge in [-0.1, -0.05) is 0 Å². The SMILES string of the molecule is Cc1ccc(-c2nc(C(=O)O)c3ccc(C(=O)O)cn23)s1. The number of carboxylic acid groups (broad SMARTS) is 2. The Balaban J connectivity index is 2.34. The lowest BCUT2D eigenvalue weighted by atomic mass is 10.2. The van der Waals surface area contributed by atoms with Crippen molar-refractivity contribution in [2.45, 2.75) is 6.92 Å². The molecule has 0 saturated carbocycles. The van der Waals surface area contributed by atoms with E-state index in [0.717, 1.165) is 9.75 Å². The van der Waals surface area contributed by atoms with Crippen LogP contribution in [0.5, 0.6) is 0 Å². The minimum absolute atomic E-state index is 0.0753. The number of aryl methyl sites for hydroxylation is 1. The van der Waals surface area contributed by atoms with Crippen molar-refractivity contribution in [2.24, 2.45) is 0 Å². The molecule has 0 atom stereocenters. The number of hydrogen-bond donors (Lipinski definition) is 2. The first kappa shape index (κ1) is 13.3. The normalized spacial score (nSPS) is 10.9. The Bertz CT molecular complexity index is 878. The number of carbonyl (C=O) groups is 2. The molecule has 0 radical (unpaired) electrons. The van der Waals surface area contributed by atoms with Gasteiger partial charge >= 0.3 is 11.9 Å². The molecule has 3 heterocycles. The maximum absolute atomic E-state index is 11.3. The second-order valence-corrected chi connectivity index (χ2v) is 5.77. The molecule has 3 rings (SSSR count). The standard InChI is InChI=1S/C14H10N2O4S/c1-7-2-5-10(21-7)12-15-11(14(19)20)9-4-3-8(13(17)18)6-16(9)12/h2-6H,1H3,(H,17,18)(H,19,20). The number of nitrogens with zero attached hydrogens (tertiary/aromatic N) is 2. The molecular formula is C14H10N2O4S. The van der Waals surface area contributed by atoms with Crippen LogP contribution in [0.4, 0.5) is 0 Å². The van der Waals surface area contributed by atoms with Crippen LogP contribution in [-0.2, 0) is 0 Å². The van der Waals surface area contributed by atoms with Crippen LogP contribution in [0.3, 0.4) is 0 Å². The summed E-state index contributed by atoms with van der Waals surface area (Å²) in [6, 6.07) is 6.58. The summed E-state index contributed by atoms with van der Waals surface area (Å²) in [5, 5.41) is 18.3. The number of pyridine rings is 1. The van der Waals surface area contributed by atoms with Crippen LogP contribution < -0.4 is 0 Å². The molecule has 7 heteroatoms. The van der Waals surface area contributed by atoms with Gasteiger partial charge in [-0.05, 0) is 31.2 Å².